The van der Waals surface area contributed by atoms with Crippen molar-refractivity contribution in [3.8, 4) is 0 Å². The van der Waals surface area contributed by atoms with Crippen LogP contribution in [-0.4, -0.2) is 29.9 Å². The Morgan fingerprint density at radius 2 is 2.50 bits per heavy atom. The van der Waals surface area contributed by atoms with Gasteiger partial charge in [0, 0.05) is 11.8 Å². The Labute approximate surface area is 65.7 Å². The standard InChI is InChI=1S/C7H13NOS/c1-2-6-3-10-7(8-6)4-9-5-7/h6,8H,2-5H2,1H3. The molecule has 0 aliphatic carbocycles. The lowest BCUT2D eigenvalue weighted by Crippen LogP contribution is -2.56. The zero-order valence-electron chi connectivity index (χ0n) is 6.22. The summed E-state index contributed by atoms with van der Waals surface area (Å²) >= 11 is 2.03. The molecule has 2 aliphatic heterocycles. The van der Waals surface area contributed by atoms with Gasteiger partial charge in [0.1, 0.15) is 4.87 Å². The van der Waals surface area contributed by atoms with Crippen molar-refractivity contribution >= 4 is 11.8 Å². The fraction of sp³-hybridized carbons (Fsp3) is 1.00. The van der Waals surface area contributed by atoms with Crippen LogP contribution in [0.5, 0.6) is 0 Å². The maximum absolute atomic E-state index is 5.17. The highest BCUT2D eigenvalue weighted by atomic mass is 32.2. The first-order chi connectivity index (χ1) is 4.85. The van der Waals surface area contributed by atoms with Crippen molar-refractivity contribution in [2.75, 3.05) is 19.0 Å². The first-order valence-electron chi connectivity index (χ1n) is 3.84. The highest BCUT2D eigenvalue weighted by Gasteiger charge is 2.44. The molecule has 2 nitrogen and oxygen atoms in total. The van der Waals surface area contributed by atoms with E-state index in [0.29, 0.717) is 4.87 Å². The molecule has 1 atom stereocenters. The van der Waals surface area contributed by atoms with E-state index in [1.54, 1.807) is 0 Å². The van der Waals surface area contributed by atoms with Crippen LogP contribution in [-0.2, 0) is 4.74 Å². The molecular weight excluding hydrogens is 146 g/mol. The molecule has 0 aromatic heterocycles. The molecule has 0 saturated carbocycles. The summed E-state index contributed by atoms with van der Waals surface area (Å²) in [5.41, 5.74) is 0. The zero-order chi connectivity index (χ0) is 7.03. The van der Waals surface area contributed by atoms with Crippen molar-refractivity contribution in [3.05, 3.63) is 0 Å². The van der Waals surface area contributed by atoms with Crippen molar-refractivity contribution < 1.29 is 4.74 Å². The van der Waals surface area contributed by atoms with Crippen LogP contribution in [0.25, 0.3) is 0 Å². The van der Waals surface area contributed by atoms with Gasteiger partial charge in [-0.1, -0.05) is 6.92 Å². The van der Waals surface area contributed by atoms with E-state index in [4.69, 9.17) is 4.74 Å². The molecule has 2 rings (SSSR count). The number of thioether (sulfide) groups is 1. The molecule has 10 heavy (non-hydrogen) atoms. The summed E-state index contributed by atoms with van der Waals surface area (Å²) in [6, 6.07) is 0.730. The van der Waals surface area contributed by atoms with Gasteiger partial charge >= 0.3 is 0 Å². The minimum atomic E-state index is 0.334. The summed E-state index contributed by atoms with van der Waals surface area (Å²) in [4.78, 5) is 0.334. The predicted molar refractivity (Wildman–Crippen MR) is 43.2 cm³/mol. The van der Waals surface area contributed by atoms with Crippen LogP contribution in [0, 0.1) is 0 Å². The second kappa shape index (κ2) is 2.40. The third-order valence-electron chi connectivity index (χ3n) is 2.19. The van der Waals surface area contributed by atoms with E-state index in [0.717, 1.165) is 19.3 Å². The maximum Gasteiger partial charge on any atom is 0.112 e. The van der Waals surface area contributed by atoms with E-state index in [1.807, 2.05) is 11.8 Å². The lowest BCUT2D eigenvalue weighted by Gasteiger charge is -2.37. The van der Waals surface area contributed by atoms with Gasteiger partial charge in [-0.2, -0.15) is 0 Å². The van der Waals surface area contributed by atoms with E-state index in [-0.39, 0.29) is 0 Å². The van der Waals surface area contributed by atoms with E-state index < -0.39 is 0 Å². The molecule has 0 amide bonds. The topological polar surface area (TPSA) is 21.3 Å². The first kappa shape index (κ1) is 6.95. The molecule has 0 aromatic rings. The summed E-state index contributed by atoms with van der Waals surface area (Å²) in [7, 11) is 0. The van der Waals surface area contributed by atoms with Gasteiger partial charge in [0.05, 0.1) is 13.2 Å². The Kier molecular flexibility index (Phi) is 1.66. The molecule has 2 heterocycles. The van der Waals surface area contributed by atoms with Crippen LogP contribution >= 0.6 is 11.8 Å². The number of hydrogen-bond donors (Lipinski definition) is 1. The fourth-order valence-corrected chi connectivity index (χ4v) is 2.81. The second-order valence-electron chi connectivity index (χ2n) is 3.05. The van der Waals surface area contributed by atoms with Crippen LogP contribution in [0.1, 0.15) is 13.3 Å². The van der Waals surface area contributed by atoms with Crippen LogP contribution in [0.4, 0.5) is 0 Å². The van der Waals surface area contributed by atoms with Gasteiger partial charge < -0.3 is 4.74 Å². The Bertz CT molecular complexity index is 136. The Hall–Kier alpha value is 0.270. The normalized spacial score (nSPS) is 36.3. The van der Waals surface area contributed by atoms with Gasteiger partial charge in [0.15, 0.2) is 0 Å². The first-order valence-corrected chi connectivity index (χ1v) is 4.83. The predicted octanol–water partition coefficient (Wildman–Crippen LogP) is 0.828. The molecule has 0 aromatic carbocycles. The lowest BCUT2D eigenvalue weighted by molar-refractivity contribution is -0.0238. The molecule has 0 radical (unpaired) electrons. The Morgan fingerprint density at radius 3 is 2.80 bits per heavy atom. The fourth-order valence-electron chi connectivity index (χ4n) is 1.39. The number of ether oxygens (including phenoxy) is 1. The molecule has 1 N–H and O–H groups in total. The summed E-state index contributed by atoms with van der Waals surface area (Å²) in [6.07, 6.45) is 1.24. The van der Waals surface area contributed by atoms with Crippen LogP contribution in [0.3, 0.4) is 0 Å². The average Bonchev–Trinajstić information content (AvgIpc) is 2.29. The van der Waals surface area contributed by atoms with Gasteiger partial charge in [-0.05, 0) is 6.42 Å². The molecule has 2 saturated heterocycles. The molecule has 1 spiro atoms. The average molecular weight is 159 g/mol. The van der Waals surface area contributed by atoms with Crippen molar-refractivity contribution in [1.29, 1.82) is 0 Å². The minimum absolute atomic E-state index is 0.334. The minimum Gasteiger partial charge on any atom is -0.376 e. The van der Waals surface area contributed by atoms with E-state index in [9.17, 15) is 0 Å². The maximum atomic E-state index is 5.17. The third-order valence-corrected chi connectivity index (χ3v) is 3.67. The molecule has 58 valence electrons. The van der Waals surface area contributed by atoms with Crippen molar-refractivity contribution in [3.63, 3.8) is 0 Å². The SMILES string of the molecule is CCC1CSC2(COC2)N1. The third kappa shape index (κ3) is 0.966. The van der Waals surface area contributed by atoms with Crippen molar-refractivity contribution in [1.82, 2.24) is 5.32 Å². The van der Waals surface area contributed by atoms with E-state index in [1.165, 1.54) is 12.2 Å². The largest absolute Gasteiger partial charge is 0.376 e. The molecule has 1 unspecified atom stereocenters. The summed E-state index contributed by atoms with van der Waals surface area (Å²) in [5.74, 6) is 1.26. The highest BCUT2D eigenvalue weighted by Crippen LogP contribution is 2.36. The summed E-state index contributed by atoms with van der Waals surface area (Å²) in [6.45, 7) is 4.05. The van der Waals surface area contributed by atoms with Crippen LogP contribution < -0.4 is 5.32 Å². The Balaban J connectivity index is 1.92. The van der Waals surface area contributed by atoms with Crippen molar-refractivity contribution in [2.24, 2.45) is 0 Å². The smallest absolute Gasteiger partial charge is 0.112 e. The van der Waals surface area contributed by atoms with Gasteiger partial charge in [0.2, 0.25) is 0 Å². The van der Waals surface area contributed by atoms with Gasteiger partial charge in [-0.3, -0.25) is 5.32 Å². The summed E-state index contributed by atoms with van der Waals surface area (Å²) in [5, 5.41) is 3.59. The van der Waals surface area contributed by atoms with Crippen molar-refractivity contribution in [2.45, 2.75) is 24.3 Å². The number of rotatable bonds is 1. The van der Waals surface area contributed by atoms with Crippen LogP contribution in [0.15, 0.2) is 0 Å². The second-order valence-corrected chi connectivity index (χ2v) is 4.45. The lowest BCUT2D eigenvalue weighted by atomic mass is 10.2. The Morgan fingerprint density at radius 1 is 1.70 bits per heavy atom. The molecule has 3 heteroatoms. The zero-order valence-corrected chi connectivity index (χ0v) is 7.04. The molecule has 0 bridgehead atoms. The van der Waals surface area contributed by atoms with E-state index in [2.05, 4.69) is 12.2 Å². The molecule has 2 fully saturated rings. The number of hydrogen-bond acceptors (Lipinski definition) is 3. The van der Waals surface area contributed by atoms with Gasteiger partial charge in [-0.25, -0.2) is 0 Å². The summed E-state index contributed by atoms with van der Waals surface area (Å²) < 4.78 is 5.17. The molecular formula is C7H13NOS. The van der Waals surface area contributed by atoms with Gasteiger partial charge in [-0.15, -0.1) is 11.8 Å². The van der Waals surface area contributed by atoms with Gasteiger partial charge in [0.25, 0.3) is 0 Å². The number of nitrogens with one attached hydrogen (secondary N) is 1. The van der Waals surface area contributed by atoms with Crippen LogP contribution in [0.2, 0.25) is 0 Å². The molecule has 2 aliphatic rings. The van der Waals surface area contributed by atoms with E-state index >= 15 is 0 Å². The highest BCUT2D eigenvalue weighted by molar-refractivity contribution is 8.01. The monoisotopic (exact) mass is 159 g/mol. The quantitative estimate of drug-likeness (QED) is 0.612.